The van der Waals surface area contributed by atoms with Crippen molar-refractivity contribution in [3.8, 4) is 11.5 Å². The second-order valence-electron chi connectivity index (χ2n) is 6.96. The summed E-state index contributed by atoms with van der Waals surface area (Å²) in [5.41, 5.74) is 3.08. The predicted molar refractivity (Wildman–Crippen MR) is 126 cm³/mol. The lowest BCUT2D eigenvalue weighted by Crippen LogP contribution is -2.06. The van der Waals surface area contributed by atoms with Crippen LogP contribution in [-0.2, 0) is 17.9 Å². The van der Waals surface area contributed by atoms with Gasteiger partial charge in [-0.15, -0.1) is 0 Å². The number of carbonyl (C=O) groups excluding carboxylic acids is 1. The molecule has 0 atom stereocenters. The third-order valence-corrected chi connectivity index (χ3v) is 5.20. The number of nitrogens with one attached hydrogen (secondary N) is 2. The van der Waals surface area contributed by atoms with Crippen LogP contribution in [0.25, 0.3) is 0 Å². The largest absolute Gasteiger partial charge is 0.490 e. The number of hydrogen-bond acceptors (Lipinski definition) is 4. The molecule has 0 bridgehead atoms. The summed E-state index contributed by atoms with van der Waals surface area (Å²) in [6.45, 7) is 4.40. The molecule has 32 heavy (non-hydrogen) atoms. The van der Waals surface area contributed by atoms with Crippen LogP contribution in [0, 0.1) is 5.82 Å². The summed E-state index contributed by atoms with van der Waals surface area (Å²) < 4.78 is 24.9. The van der Waals surface area contributed by atoms with Crippen LogP contribution in [0.15, 0.2) is 54.6 Å². The van der Waals surface area contributed by atoms with Crippen LogP contribution >= 0.6 is 23.2 Å². The molecule has 0 spiro atoms. The van der Waals surface area contributed by atoms with Gasteiger partial charge in [0.1, 0.15) is 12.4 Å². The fourth-order valence-electron chi connectivity index (χ4n) is 2.96. The molecule has 0 aliphatic carbocycles. The number of rotatable bonds is 9. The SMILES string of the molecule is CCOc1cc(CNc2ccc(NC(C)=O)cc2)c(Cl)cc1OCc1ccc(F)cc1Cl. The standard InChI is InChI=1S/C24H23Cl2FN2O3/c1-3-31-23-10-17(13-28-19-6-8-20(9-7-19)29-15(2)30)22(26)12-24(23)32-14-16-4-5-18(27)11-21(16)25/h4-12,28H,3,13-14H2,1-2H3,(H,29,30). The Bertz CT molecular complexity index is 1090. The summed E-state index contributed by atoms with van der Waals surface area (Å²) in [5, 5.41) is 6.82. The van der Waals surface area contributed by atoms with E-state index in [0.29, 0.717) is 40.3 Å². The lowest BCUT2D eigenvalue weighted by molar-refractivity contribution is -0.114. The minimum atomic E-state index is -0.404. The monoisotopic (exact) mass is 476 g/mol. The molecule has 0 radical (unpaired) electrons. The minimum Gasteiger partial charge on any atom is -0.490 e. The summed E-state index contributed by atoms with van der Waals surface area (Å²) in [5.74, 6) is 0.497. The third kappa shape index (κ3) is 6.52. The summed E-state index contributed by atoms with van der Waals surface area (Å²) in [7, 11) is 0. The molecule has 0 fully saturated rings. The van der Waals surface area contributed by atoms with E-state index in [1.807, 2.05) is 37.3 Å². The van der Waals surface area contributed by atoms with E-state index in [4.69, 9.17) is 32.7 Å². The van der Waals surface area contributed by atoms with Crippen LogP contribution in [0.4, 0.5) is 15.8 Å². The van der Waals surface area contributed by atoms with Crippen LogP contribution in [0.1, 0.15) is 25.0 Å². The van der Waals surface area contributed by atoms with E-state index in [-0.39, 0.29) is 12.5 Å². The molecule has 0 aliphatic rings. The molecule has 168 valence electrons. The minimum absolute atomic E-state index is 0.120. The summed E-state index contributed by atoms with van der Waals surface area (Å²) in [4.78, 5) is 11.1. The van der Waals surface area contributed by atoms with Gasteiger partial charge < -0.3 is 20.1 Å². The Morgan fingerprint density at radius 1 is 0.906 bits per heavy atom. The highest BCUT2D eigenvalue weighted by molar-refractivity contribution is 6.31. The Morgan fingerprint density at radius 3 is 2.22 bits per heavy atom. The molecule has 0 saturated carbocycles. The van der Waals surface area contributed by atoms with E-state index in [1.165, 1.54) is 19.1 Å². The number of ether oxygens (including phenoxy) is 2. The molecular weight excluding hydrogens is 454 g/mol. The summed E-state index contributed by atoms with van der Waals surface area (Å²) >= 11 is 12.6. The van der Waals surface area contributed by atoms with Gasteiger partial charge in [-0.3, -0.25) is 4.79 Å². The molecule has 0 aliphatic heterocycles. The number of anilines is 2. The molecular formula is C24H23Cl2FN2O3. The van der Waals surface area contributed by atoms with E-state index in [9.17, 15) is 9.18 Å². The molecule has 1 amide bonds. The molecule has 3 aromatic rings. The molecule has 8 heteroatoms. The highest BCUT2D eigenvalue weighted by Crippen LogP contribution is 2.35. The van der Waals surface area contributed by atoms with E-state index < -0.39 is 5.82 Å². The van der Waals surface area contributed by atoms with Crippen molar-refractivity contribution in [1.29, 1.82) is 0 Å². The second kappa shape index (κ2) is 11.1. The lowest BCUT2D eigenvalue weighted by Gasteiger charge is -2.16. The number of hydrogen-bond donors (Lipinski definition) is 2. The second-order valence-corrected chi connectivity index (χ2v) is 7.77. The van der Waals surface area contributed by atoms with Gasteiger partial charge in [-0.25, -0.2) is 4.39 Å². The topological polar surface area (TPSA) is 59.6 Å². The van der Waals surface area contributed by atoms with Crippen molar-refractivity contribution < 1.29 is 18.7 Å². The van der Waals surface area contributed by atoms with E-state index in [0.717, 1.165) is 16.9 Å². The highest BCUT2D eigenvalue weighted by atomic mass is 35.5. The Kier molecular flexibility index (Phi) is 8.20. The number of halogens is 3. The van der Waals surface area contributed by atoms with Gasteiger partial charge in [0.15, 0.2) is 11.5 Å². The van der Waals surface area contributed by atoms with Gasteiger partial charge >= 0.3 is 0 Å². The first-order valence-electron chi connectivity index (χ1n) is 9.99. The molecule has 0 heterocycles. The molecule has 5 nitrogen and oxygen atoms in total. The van der Waals surface area contributed by atoms with Crippen LogP contribution in [-0.4, -0.2) is 12.5 Å². The maximum absolute atomic E-state index is 13.3. The highest BCUT2D eigenvalue weighted by Gasteiger charge is 2.13. The van der Waals surface area contributed by atoms with Crippen molar-refractivity contribution in [2.45, 2.75) is 27.0 Å². The molecule has 0 saturated heterocycles. The fraction of sp³-hybridized carbons (Fsp3) is 0.208. The van der Waals surface area contributed by atoms with Gasteiger partial charge in [0.05, 0.1) is 11.6 Å². The zero-order valence-electron chi connectivity index (χ0n) is 17.7. The van der Waals surface area contributed by atoms with Crippen molar-refractivity contribution >= 4 is 40.5 Å². The molecule has 0 unspecified atom stereocenters. The first kappa shape index (κ1) is 23.7. The van der Waals surface area contributed by atoms with E-state index in [2.05, 4.69) is 10.6 Å². The fourth-order valence-corrected chi connectivity index (χ4v) is 3.40. The van der Waals surface area contributed by atoms with Gasteiger partial charge in [0.2, 0.25) is 5.91 Å². The summed E-state index contributed by atoms with van der Waals surface area (Å²) in [6.07, 6.45) is 0. The van der Waals surface area contributed by atoms with Gasteiger partial charge in [0, 0.05) is 41.5 Å². The first-order chi connectivity index (χ1) is 15.4. The number of carbonyl (C=O) groups is 1. The van der Waals surface area contributed by atoms with E-state index >= 15 is 0 Å². The molecule has 0 aromatic heterocycles. The maximum atomic E-state index is 13.3. The smallest absolute Gasteiger partial charge is 0.221 e. The Labute approximate surface area is 196 Å². The average molecular weight is 477 g/mol. The van der Waals surface area contributed by atoms with Crippen molar-refractivity contribution in [1.82, 2.24) is 0 Å². The van der Waals surface area contributed by atoms with Crippen molar-refractivity contribution in [3.63, 3.8) is 0 Å². The Hall–Kier alpha value is -2.96. The Balaban J connectivity index is 1.70. The third-order valence-electron chi connectivity index (χ3n) is 4.50. The first-order valence-corrected chi connectivity index (χ1v) is 10.7. The predicted octanol–water partition coefficient (Wildman–Crippen LogP) is 6.68. The maximum Gasteiger partial charge on any atom is 0.221 e. The van der Waals surface area contributed by atoms with Crippen LogP contribution in [0.5, 0.6) is 11.5 Å². The van der Waals surface area contributed by atoms with Gasteiger partial charge in [-0.05, 0) is 55.0 Å². The van der Waals surface area contributed by atoms with Crippen molar-refractivity contribution in [2.75, 3.05) is 17.2 Å². The van der Waals surface area contributed by atoms with Crippen LogP contribution in [0.3, 0.4) is 0 Å². The van der Waals surface area contributed by atoms with Gasteiger partial charge in [0.25, 0.3) is 0 Å². The van der Waals surface area contributed by atoms with E-state index in [1.54, 1.807) is 12.1 Å². The van der Waals surface area contributed by atoms with Crippen LogP contribution < -0.4 is 20.1 Å². The number of benzene rings is 3. The lowest BCUT2D eigenvalue weighted by atomic mass is 10.1. The van der Waals surface area contributed by atoms with Crippen molar-refractivity contribution in [2.24, 2.45) is 0 Å². The van der Waals surface area contributed by atoms with Crippen molar-refractivity contribution in [3.05, 3.63) is 81.6 Å². The Morgan fingerprint density at radius 2 is 1.56 bits per heavy atom. The zero-order chi connectivity index (χ0) is 23.1. The summed E-state index contributed by atoms with van der Waals surface area (Å²) in [6, 6.07) is 15.0. The zero-order valence-corrected chi connectivity index (χ0v) is 19.2. The average Bonchev–Trinajstić information content (AvgIpc) is 2.74. The molecule has 3 aromatic carbocycles. The quantitative estimate of drug-likeness (QED) is 0.361. The van der Waals surface area contributed by atoms with Crippen LogP contribution in [0.2, 0.25) is 10.0 Å². The number of amides is 1. The van der Waals surface area contributed by atoms with Gasteiger partial charge in [-0.1, -0.05) is 29.3 Å². The van der Waals surface area contributed by atoms with Gasteiger partial charge in [-0.2, -0.15) is 0 Å². The molecule has 3 rings (SSSR count). The normalized spacial score (nSPS) is 10.5. The molecule has 2 N–H and O–H groups in total.